The molecule has 2 atom stereocenters. The third-order valence-electron chi connectivity index (χ3n) is 4.62. The van der Waals surface area contributed by atoms with Gasteiger partial charge in [0.15, 0.2) is 0 Å². The first kappa shape index (κ1) is 11.4. The molecule has 2 rings (SSSR count). The van der Waals surface area contributed by atoms with Crippen molar-refractivity contribution in [1.82, 2.24) is 4.90 Å². The molecule has 2 N–H and O–H groups in total. The molecule has 0 aromatic rings. The quantitative estimate of drug-likeness (QED) is 0.771. The van der Waals surface area contributed by atoms with Gasteiger partial charge in [0.25, 0.3) is 0 Å². The van der Waals surface area contributed by atoms with Gasteiger partial charge in [0, 0.05) is 18.6 Å². The maximum absolute atomic E-state index is 5.93. The zero-order chi connectivity index (χ0) is 11.1. The maximum Gasteiger partial charge on any atom is 0.0246 e. The van der Waals surface area contributed by atoms with Gasteiger partial charge in [0.2, 0.25) is 0 Å². The Balaban J connectivity index is 2.02. The van der Waals surface area contributed by atoms with Crippen molar-refractivity contribution in [2.45, 2.75) is 58.0 Å². The summed E-state index contributed by atoms with van der Waals surface area (Å²) < 4.78 is 0. The fourth-order valence-corrected chi connectivity index (χ4v) is 3.47. The van der Waals surface area contributed by atoms with Crippen LogP contribution in [0.1, 0.15) is 46.0 Å². The lowest BCUT2D eigenvalue weighted by Gasteiger charge is -2.40. The SMILES string of the molecule is CN(C(CN)C1CC1)C1CCCC1(C)C. The number of hydrogen-bond acceptors (Lipinski definition) is 2. The van der Waals surface area contributed by atoms with E-state index in [0.717, 1.165) is 18.5 Å². The number of hydrogen-bond donors (Lipinski definition) is 1. The molecule has 2 heteroatoms. The highest BCUT2D eigenvalue weighted by atomic mass is 15.2. The summed E-state index contributed by atoms with van der Waals surface area (Å²) in [5.74, 6) is 0.899. The first-order valence-corrected chi connectivity index (χ1v) is 6.48. The van der Waals surface area contributed by atoms with E-state index in [-0.39, 0.29) is 0 Å². The molecule has 15 heavy (non-hydrogen) atoms. The molecule has 2 nitrogen and oxygen atoms in total. The highest BCUT2D eigenvalue weighted by molar-refractivity contribution is 4.97. The lowest BCUT2D eigenvalue weighted by molar-refractivity contribution is 0.0899. The standard InChI is InChI=1S/C13H26N2/c1-13(2)8-4-5-12(13)15(3)11(9-14)10-6-7-10/h10-12H,4-9,14H2,1-3H3. The van der Waals surface area contributed by atoms with Gasteiger partial charge < -0.3 is 5.73 Å². The van der Waals surface area contributed by atoms with Crippen molar-refractivity contribution in [2.75, 3.05) is 13.6 Å². The highest BCUT2D eigenvalue weighted by Gasteiger charge is 2.42. The molecule has 88 valence electrons. The predicted octanol–water partition coefficient (Wildman–Crippen LogP) is 2.23. The zero-order valence-corrected chi connectivity index (χ0v) is 10.5. The lowest BCUT2D eigenvalue weighted by Crippen LogP contribution is -2.49. The van der Waals surface area contributed by atoms with Crippen LogP contribution in [0.5, 0.6) is 0 Å². The minimum absolute atomic E-state index is 0.497. The Bertz CT molecular complexity index is 221. The van der Waals surface area contributed by atoms with Crippen LogP contribution in [0.4, 0.5) is 0 Å². The van der Waals surface area contributed by atoms with Crippen molar-refractivity contribution in [2.24, 2.45) is 17.1 Å². The van der Waals surface area contributed by atoms with Crippen LogP contribution in [0, 0.1) is 11.3 Å². The van der Waals surface area contributed by atoms with Crippen LogP contribution in [0.2, 0.25) is 0 Å². The molecule has 0 radical (unpaired) electrons. The highest BCUT2D eigenvalue weighted by Crippen LogP contribution is 2.43. The Morgan fingerprint density at radius 2 is 2.00 bits per heavy atom. The normalized spacial score (nSPS) is 32.2. The molecule has 2 saturated carbocycles. The Labute approximate surface area is 94.2 Å². The van der Waals surface area contributed by atoms with Crippen LogP contribution in [0.25, 0.3) is 0 Å². The van der Waals surface area contributed by atoms with E-state index in [2.05, 4.69) is 25.8 Å². The van der Waals surface area contributed by atoms with E-state index in [1.807, 2.05) is 0 Å². The summed E-state index contributed by atoms with van der Waals surface area (Å²) >= 11 is 0. The topological polar surface area (TPSA) is 29.3 Å². The van der Waals surface area contributed by atoms with E-state index in [9.17, 15) is 0 Å². The predicted molar refractivity (Wildman–Crippen MR) is 64.7 cm³/mol. The summed E-state index contributed by atoms with van der Waals surface area (Å²) in [7, 11) is 2.30. The van der Waals surface area contributed by atoms with Crippen LogP contribution in [-0.4, -0.2) is 30.6 Å². The summed E-state index contributed by atoms with van der Waals surface area (Å²) in [4.78, 5) is 2.60. The average molecular weight is 210 g/mol. The van der Waals surface area contributed by atoms with Crippen LogP contribution < -0.4 is 5.73 Å². The summed E-state index contributed by atoms with van der Waals surface area (Å²) in [6, 6.07) is 1.40. The molecule has 0 bridgehead atoms. The van der Waals surface area contributed by atoms with Gasteiger partial charge in [-0.3, -0.25) is 4.90 Å². The Morgan fingerprint density at radius 1 is 1.33 bits per heavy atom. The van der Waals surface area contributed by atoms with E-state index in [0.29, 0.717) is 11.5 Å². The van der Waals surface area contributed by atoms with Gasteiger partial charge in [-0.05, 0) is 44.1 Å². The molecule has 2 aliphatic carbocycles. The van der Waals surface area contributed by atoms with E-state index in [1.165, 1.54) is 32.1 Å². The summed E-state index contributed by atoms with van der Waals surface area (Å²) in [6.07, 6.45) is 6.94. The second kappa shape index (κ2) is 4.06. The smallest absolute Gasteiger partial charge is 0.0246 e. The van der Waals surface area contributed by atoms with Gasteiger partial charge in [-0.2, -0.15) is 0 Å². The van der Waals surface area contributed by atoms with Crippen molar-refractivity contribution in [3.63, 3.8) is 0 Å². The monoisotopic (exact) mass is 210 g/mol. The molecule has 0 aliphatic heterocycles. The second-order valence-electron chi connectivity index (χ2n) is 6.20. The molecule has 0 heterocycles. The number of rotatable bonds is 4. The first-order chi connectivity index (χ1) is 7.06. The second-order valence-corrected chi connectivity index (χ2v) is 6.20. The molecule has 0 spiro atoms. The van der Waals surface area contributed by atoms with Gasteiger partial charge in [0.05, 0.1) is 0 Å². The van der Waals surface area contributed by atoms with Crippen molar-refractivity contribution in [3.8, 4) is 0 Å². The summed E-state index contributed by atoms with van der Waals surface area (Å²) in [6.45, 7) is 5.68. The van der Waals surface area contributed by atoms with Gasteiger partial charge >= 0.3 is 0 Å². The fraction of sp³-hybridized carbons (Fsp3) is 1.00. The van der Waals surface area contributed by atoms with E-state index < -0.39 is 0 Å². The van der Waals surface area contributed by atoms with Crippen LogP contribution in [0.15, 0.2) is 0 Å². The molecule has 2 aliphatic rings. The summed E-state index contributed by atoms with van der Waals surface area (Å²) in [5, 5.41) is 0. The Hall–Kier alpha value is -0.0800. The van der Waals surface area contributed by atoms with Crippen molar-refractivity contribution in [1.29, 1.82) is 0 Å². The van der Waals surface area contributed by atoms with E-state index >= 15 is 0 Å². The van der Waals surface area contributed by atoms with Crippen LogP contribution >= 0.6 is 0 Å². The number of nitrogens with two attached hydrogens (primary N) is 1. The third kappa shape index (κ3) is 2.21. The minimum Gasteiger partial charge on any atom is -0.329 e. The number of nitrogens with zero attached hydrogens (tertiary/aromatic N) is 1. The number of likely N-dealkylation sites (N-methyl/N-ethyl adjacent to an activating group) is 1. The fourth-order valence-electron chi connectivity index (χ4n) is 3.47. The summed E-state index contributed by atoms with van der Waals surface area (Å²) in [5.41, 5.74) is 6.43. The molecule has 2 unspecified atom stereocenters. The minimum atomic E-state index is 0.497. The lowest BCUT2D eigenvalue weighted by atomic mass is 9.85. The van der Waals surface area contributed by atoms with E-state index in [1.54, 1.807) is 0 Å². The largest absolute Gasteiger partial charge is 0.329 e. The molecule has 2 fully saturated rings. The van der Waals surface area contributed by atoms with Gasteiger partial charge in [-0.15, -0.1) is 0 Å². The Kier molecular flexibility index (Phi) is 3.09. The first-order valence-electron chi connectivity index (χ1n) is 6.48. The Morgan fingerprint density at radius 3 is 2.40 bits per heavy atom. The van der Waals surface area contributed by atoms with E-state index in [4.69, 9.17) is 5.73 Å². The molecule has 0 saturated heterocycles. The van der Waals surface area contributed by atoms with Gasteiger partial charge in [-0.1, -0.05) is 20.3 Å². The molecular weight excluding hydrogens is 184 g/mol. The molecular formula is C13H26N2. The van der Waals surface area contributed by atoms with Crippen molar-refractivity contribution in [3.05, 3.63) is 0 Å². The van der Waals surface area contributed by atoms with Gasteiger partial charge in [0.1, 0.15) is 0 Å². The zero-order valence-electron chi connectivity index (χ0n) is 10.5. The van der Waals surface area contributed by atoms with Crippen molar-refractivity contribution >= 4 is 0 Å². The van der Waals surface area contributed by atoms with Crippen molar-refractivity contribution < 1.29 is 0 Å². The van der Waals surface area contributed by atoms with Crippen LogP contribution in [0.3, 0.4) is 0 Å². The van der Waals surface area contributed by atoms with Gasteiger partial charge in [-0.25, -0.2) is 0 Å². The van der Waals surface area contributed by atoms with Crippen LogP contribution in [-0.2, 0) is 0 Å². The third-order valence-corrected chi connectivity index (χ3v) is 4.62. The average Bonchev–Trinajstić information content (AvgIpc) is 2.91. The maximum atomic E-state index is 5.93. The molecule has 0 aromatic carbocycles. The molecule has 0 amide bonds. The molecule has 0 aromatic heterocycles.